The van der Waals surface area contributed by atoms with Crippen LogP contribution in [0.4, 0.5) is 5.69 Å². The molecule has 0 saturated carbocycles. The third kappa shape index (κ3) is 5.19. The van der Waals surface area contributed by atoms with Crippen molar-refractivity contribution >= 4 is 41.0 Å². The van der Waals surface area contributed by atoms with E-state index < -0.39 is 12.0 Å². The van der Waals surface area contributed by atoms with Crippen molar-refractivity contribution in [3.63, 3.8) is 0 Å². The van der Waals surface area contributed by atoms with Crippen LogP contribution in [-0.2, 0) is 14.3 Å². The molecular formula is C24H25N3O3S. The molecule has 1 amide bonds. The van der Waals surface area contributed by atoms with Crippen LogP contribution in [0, 0.1) is 0 Å². The minimum atomic E-state index is -0.425. The average molecular weight is 436 g/mol. The molecule has 1 atom stereocenters. The van der Waals surface area contributed by atoms with Gasteiger partial charge < -0.3 is 20.3 Å². The fraction of sp³-hybridized carbons (Fsp3) is 0.208. The number of carbonyl (C=O) groups excluding carboxylic acids is 2. The van der Waals surface area contributed by atoms with E-state index in [1.807, 2.05) is 61.2 Å². The van der Waals surface area contributed by atoms with E-state index in [1.165, 1.54) is 13.2 Å². The number of rotatable bonds is 6. The van der Waals surface area contributed by atoms with Crippen LogP contribution >= 0.6 is 12.2 Å². The van der Waals surface area contributed by atoms with Gasteiger partial charge in [0, 0.05) is 24.0 Å². The van der Waals surface area contributed by atoms with Gasteiger partial charge in [-0.1, -0.05) is 42.5 Å². The molecule has 31 heavy (non-hydrogen) atoms. The van der Waals surface area contributed by atoms with Gasteiger partial charge in [0.1, 0.15) is 0 Å². The first-order valence-electron chi connectivity index (χ1n) is 9.95. The van der Waals surface area contributed by atoms with Gasteiger partial charge in [-0.25, -0.2) is 4.79 Å². The summed E-state index contributed by atoms with van der Waals surface area (Å²) in [4.78, 5) is 26.5. The van der Waals surface area contributed by atoms with Crippen LogP contribution in [0.3, 0.4) is 0 Å². The predicted molar refractivity (Wildman–Crippen MR) is 126 cm³/mol. The van der Waals surface area contributed by atoms with Gasteiger partial charge in [-0.2, -0.15) is 0 Å². The molecule has 1 heterocycles. The molecule has 0 aromatic heterocycles. The van der Waals surface area contributed by atoms with Gasteiger partial charge in [0.15, 0.2) is 5.11 Å². The summed E-state index contributed by atoms with van der Waals surface area (Å²) in [7, 11) is 1.37. The number of thiocarbonyl (C=S) groups is 1. The third-order valence-corrected chi connectivity index (χ3v) is 5.39. The number of hydrogen-bond acceptors (Lipinski definition) is 4. The van der Waals surface area contributed by atoms with Gasteiger partial charge in [0.05, 0.1) is 18.7 Å². The highest BCUT2D eigenvalue weighted by Crippen LogP contribution is 2.31. The highest BCUT2D eigenvalue weighted by atomic mass is 32.1. The predicted octanol–water partition coefficient (Wildman–Crippen LogP) is 4.04. The third-order valence-electron chi connectivity index (χ3n) is 5.06. The maximum atomic E-state index is 12.5. The SMILES string of the molecule is CCN1C(=S)N[C@@H](c2ccc(NC(=O)/C=C/c3ccccc3)cc2)C(C(=O)OC)=C1C. The van der Waals surface area contributed by atoms with Crippen molar-refractivity contribution in [3.8, 4) is 0 Å². The Kier molecular flexibility index (Phi) is 7.20. The molecule has 2 aromatic rings. The summed E-state index contributed by atoms with van der Waals surface area (Å²) < 4.78 is 5.01. The fourth-order valence-corrected chi connectivity index (χ4v) is 3.85. The molecule has 2 aromatic carbocycles. The topological polar surface area (TPSA) is 70.7 Å². The molecule has 6 nitrogen and oxygen atoms in total. The zero-order valence-corrected chi connectivity index (χ0v) is 18.5. The zero-order chi connectivity index (χ0) is 22.4. The first kappa shape index (κ1) is 22.2. The molecule has 7 heteroatoms. The molecule has 1 aliphatic rings. The summed E-state index contributed by atoms with van der Waals surface area (Å²) in [6.45, 7) is 4.48. The van der Waals surface area contributed by atoms with Crippen molar-refractivity contribution in [2.75, 3.05) is 19.0 Å². The van der Waals surface area contributed by atoms with Crippen molar-refractivity contribution in [2.24, 2.45) is 0 Å². The number of anilines is 1. The number of nitrogens with zero attached hydrogens (tertiary/aromatic N) is 1. The zero-order valence-electron chi connectivity index (χ0n) is 17.7. The number of esters is 1. The van der Waals surface area contributed by atoms with Crippen molar-refractivity contribution in [2.45, 2.75) is 19.9 Å². The highest BCUT2D eigenvalue weighted by molar-refractivity contribution is 7.80. The monoisotopic (exact) mass is 435 g/mol. The van der Waals surface area contributed by atoms with Crippen molar-refractivity contribution < 1.29 is 14.3 Å². The molecule has 160 valence electrons. The van der Waals surface area contributed by atoms with Gasteiger partial charge >= 0.3 is 5.97 Å². The Morgan fingerprint density at radius 2 is 1.84 bits per heavy atom. The van der Waals surface area contributed by atoms with E-state index >= 15 is 0 Å². The number of nitrogens with one attached hydrogen (secondary N) is 2. The second-order valence-corrected chi connectivity index (χ2v) is 7.36. The maximum Gasteiger partial charge on any atom is 0.337 e. The highest BCUT2D eigenvalue weighted by Gasteiger charge is 2.33. The van der Waals surface area contributed by atoms with Gasteiger partial charge in [0.25, 0.3) is 0 Å². The van der Waals surface area contributed by atoms with Crippen LogP contribution in [0.15, 0.2) is 71.9 Å². The van der Waals surface area contributed by atoms with E-state index in [0.717, 1.165) is 16.8 Å². The lowest BCUT2D eigenvalue weighted by Crippen LogP contribution is -2.47. The summed E-state index contributed by atoms with van der Waals surface area (Å²) >= 11 is 5.47. The van der Waals surface area contributed by atoms with Crippen LogP contribution in [-0.4, -0.2) is 35.5 Å². The number of allylic oxidation sites excluding steroid dienone is 1. The molecule has 0 unspecified atom stereocenters. The lowest BCUT2D eigenvalue weighted by Gasteiger charge is -2.36. The second-order valence-electron chi connectivity index (χ2n) is 6.97. The van der Waals surface area contributed by atoms with Crippen LogP contribution in [0.5, 0.6) is 0 Å². The van der Waals surface area contributed by atoms with E-state index in [9.17, 15) is 9.59 Å². The molecule has 0 spiro atoms. The minimum Gasteiger partial charge on any atom is -0.466 e. The number of carbonyl (C=O) groups is 2. The number of benzene rings is 2. The summed E-state index contributed by atoms with van der Waals surface area (Å²) in [5.74, 6) is -0.627. The number of hydrogen-bond donors (Lipinski definition) is 2. The molecule has 0 saturated heterocycles. The van der Waals surface area contributed by atoms with Crippen LogP contribution in [0.1, 0.15) is 31.0 Å². The number of ether oxygens (including phenoxy) is 1. The number of amides is 1. The molecule has 3 rings (SSSR count). The summed E-state index contributed by atoms with van der Waals surface area (Å²) in [6.07, 6.45) is 3.25. The smallest absolute Gasteiger partial charge is 0.337 e. The first-order valence-corrected chi connectivity index (χ1v) is 10.4. The molecule has 0 bridgehead atoms. The Labute approximate surface area is 187 Å². The van der Waals surface area contributed by atoms with Crippen molar-refractivity contribution in [1.29, 1.82) is 0 Å². The molecule has 0 aliphatic carbocycles. The number of methoxy groups -OCH3 is 1. The molecular weight excluding hydrogens is 410 g/mol. The Balaban J connectivity index is 1.77. The average Bonchev–Trinajstić information content (AvgIpc) is 2.78. The molecule has 1 aliphatic heterocycles. The van der Waals surface area contributed by atoms with E-state index in [-0.39, 0.29) is 5.91 Å². The van der Waals surface area contributed by atoms with Gasteiger partial charge in [-0.05, 0) is 55.4 Å². The Hall–Kier alpha value is -3.45. The fourth-order valence-electron chi connectivity index (χ4n) is 3.47. The largest absolute Gasteiger partial charge is 0.466 e. The molecule has 0 radical (unpaired) electrons. The summed E-state index contributed by atoms with van der Waals surface area (Å²) in [5.41, 5.74) is 3.73. The molecule has 0 fully saturated rings. The van der Waals surface area contributed by atoms with Crippen LogP contribution in [0.2, 0.25) is 0 Å². The van der Waals surface area contributed by atoms with Gasteiger partial charge in [-0.15, -0.1) is 0 Å². The van der Waals surface area contributed by atoms with E-state index in [4.69, 9.17) is 17.0 Å². The maximum absolute atomic E-state index is 12.5. The van der Waals surface area contributed by atoms with Crippen molar-refractivity contribution in [3.05, 3.63) is 83.1 Å². The van der Waals surface area contributed by atoms with E-state index in [2.05, 4.69) is 10.6 Å². The second kappa shape index (κ2) is 10.0. The van der Waals surface area contributed by atoms with Crippen LogP contribution in [0.25, 0.3) is 6.08 Å². The van der Waals surface area contributed by atoms with Crippen LogP contribution < -0.4 is 10.6 Å². The Morgan fingerprint density at radius 1 is 1.16 bits per heavy atom. The standard InChI is InChI=1S/C24H25N3O3S/c1-4-27-16(2)21(23(29)30-3)22(26-24(27)31)18-11-13-19(14-12-18)25-20(28)15-10-17-8-6-5-7-9-17/h5-15,22H,4H2,1-3H3,(H,25,28)(H,26,31)/b15-10+/t22-/m0/s1. The molecule has 2 N–H and O–H groups in total. The quantitative estimate of drug-likeness (QED) is 0.406. The van der Waals surface area contributed by atoms with E-state index in [0.29, 0.717) is 22.9 Å². The van der Waals surface area contributed by atoms with Gasteiger partial charge in [0.2, 0.25) is 5.91 Å². The first-order chi connectivity index (χ1) is 14.9. The minimum absolute atomic E-state index is 0.224. The Morgan fingerprint density at radius 3 is 2.45 bits per heavy atom. The Bertz CT molecular complexity index is 1030. The van der Waals surface area contributed by atoms with Gasteiger partial charge in [-0.3, -0.25) is 4.79 Å². The summed E-state index contributed by atoms with van der Waals surface area (Å²) in [5, 5.41) is 6.62. The summed E-state index contributed by atoms with van der Waals surface area (Å²) in [6, 6.07) is 16.5. The lowest BCUT2D eigenvalue weighted by atomic mass is 9.95. The normalized spacial score (nSPS) is 16.3. The van der Waals surface area contributed by atoms with E-state index in [1.54, 1.807) is 18.2 Å². The van der Waals surface area contributed by atoms with Crippen molar-refractivity contribution in [1.82, 2.24) is 10.2 Å². The lowest BCUT2D eigenvalue weighted by molar-refractivity contribution is -0.136.